The number of hydrogen-bond acceptors (Lipinski definition) is 5. The predicted molar refractivity (Wildman–Crippen MR) is 92.9 cm³/mol. The molecule has 0 amide bonds. The van der Waals surface area contributed by atoms with Crippen LogP contribution in [0.15, 0.2) is 54.9 Å². The van der Waals surface area contributed by atoms with Gasteiger partial charge in [0.05, 0.1) is 23.6 Å². The Morgan fingerprint density at radius 2 is 1.96 bits per heavy atom. The molecule has 4 rings (SSSR count). The maximum Gasteiger partial charge on any atom is 0.218 e. The number of nitrogen functional groups attached to an aromatic ring is 1. The lowest BCUT2D eigenvalue weighted by Gasteiger charge is -2.07. The van der Waals surface area contributed by atoms with E-state index in [0.717, 1.165) is 28.0 Å². The molecular formula is C18H15N5O. The Labute approximate surface area is 138 Å². The molecule has 0 unspecified atom stereocenters. The van der Waals surface area contributed by atoms with Crippen molar-refractivity contribution < 1.29 is 5.11 Å². The van der Waals surface area contributed by atoms with Crippen LogP contribution < -0.4 is 5.73 Å². The summed E-state index contributed by atoms with van der Waals surface area (Å²) in [7, 11) is 0. The van der Waals surface area contributed by atoms with E-state index >= 15 is 0 Å². The first-order valence-electron chi connectivity index (χ1n) is 7.48. The van der Waals surface area contributed by atoms with Crippen molar-refractivity contribution >= 4 is 16.6 Å². The molecule has 0 fully saturated rings. The van der Waals surface area contributed by atoms with Crippen LogP contribution >= 0.6 is 0 Å². The molecule has 1 aromatic carbocycles. The minimum atomic E-state index is -0.0525. The average Bonchev–Trinajstić information content (AvgIpc) is 3.00. The molecule has 0 bridgehead atoms. The highest BCUT2D eigenvalue weighted by Gasteiger charge is 2.11. The van der Waals surface area contributed by atoms with Crippen molar-refractivity contribution in [3.8, 4) is 22.8 Å². The van der Waals surface area contributed by atoms with Crippen LogP contribution in [0.5, 0.6) is 5.88 Å². The summed E-state index contributed by atoms with van der Waals surface area (Å²) in [4.78, 5) is 8.43. The summed E-state index contributed by atoms with van der Waals surface area (Å²) in [6, 6.07) is 13.3. The number of fused-ring (bicyclic) bond motifs is 1. The van der Waals surface area contributed by atoms with E-state index in [9.17, 15) is 5.11 Å². The molecule has 6 heteroatoms. The van der Waals surface area contributed by atoms with Crippen LogP contribution in [0.4, 0.5) is 5.69 Å². The standard InChI is InChI=1S/C18H15N5O/c1-11-3-2-4-17(22-11)23-16-7-12(5-6-13(16)9-21-23)15-8-14(19)10-20-18(15)24/h2-10H,19H2,1H3,(H,20,24). The predicted octanol–water partition coefficient (Wildman–Crippen LogP) is 3.08. The lowest BCUT2D eigenvalue weighted by molar-refractivity contribution is 0.456. The minimum absolute atomic E-state index is 0.0525. The summed E-state index contributed by atoms with van der Waals surface area (Å²) in [6.45, 7) is 1.94. The van der Waals surface area contributed by atoms with E-state index < -0.39 is 0 Å². The molecule has 3 aromatic heterocycles. The fraction of sp³-hybridized carbons (Fsp3) is 0.0556. The SMILES string of the molecule is Cc1cccc(-n2ncc3ccc(-c4cc(N)cnc4O)cc32)n1. The van der Waals surface area contributed by atoms with Crippen LogP contribution in [-0.4, -0.2) is 24.9 Å². The second-order valence-electron chi connectivity index (χ2n) is 5.61. The van der Waals surface area contributed by atoms with E-state index in [-0.39, 0.29) is 5.88 Å². The van der Waals surface area contributed by atoms with E-state index in [1.807, 2.05) is 43.3 Å². The van der Waals surface area contributed by atoms with Crippen molar-refractivity contribution in [2.24, 2.45) is 0 Å². The molecule has 0 radical (unpaired) electrons. The lowest BCUT2D eigenvalue weighted by Crippen LogP contribution is -2.00. The van der Waals surface area contributed by atoms with Crippen molar-refractivity contribution in [3.05, 3.63) is 60.6 Å². The van der Waals surface area contributed by atoms with Crippen molar-refractivity contribution in [1.29, 1.82) is 0 Å². The van der Waals surface area contributed by atoms with Gasteiger partial charge in [-0.05, 0) is 36.8 Å². The minimum Gasteiger partial charge on any atom is -0.493 e. The number of aryl methyl sites for hydroxylation is 1. The Morgan fingerprint density at radius 1 is 1.08 bits per heavy atom. The second-order valence-corrected chi connectivity index (χ2v) is 5.61. The van der Waals surface area contributed by atoms with E-state index in [2.05, 4.69) is 15.1 Å². The maximum atomic E-state index is 10.0. The summed E-state index contributed by atoms with van der Waals surface area (Å²) in [5.74, 6) is 0.695. The third-order valence-corrected chi connectivity index (χ3v) is 3.86. The van der Waals surface area contributed by atoms with Gasteiger partial charge in [0.15, 0.2) is 5.82 Å². The summed E-state index contributed by atoms with van der Waals surface area (Å²) in [5.41, 5.74) is 9.51. The Hall–Kier alpha value is -3.41. The summed E-state index contributed by atoms with van der Waals surface area (Å²) < 4.78 is 1.78. The molecule has 0 saturated carbocycles. The normalized spacial score (nSPS) is 11.0. The highest BCUT2D eigenvalue weighted by Crippen LogP contribution is 2.31. The lowest BCUT2D eigenvalue weighted by atomic mass is 10.1. The third kappa shape index (κ3) is 2.34. The molecule has 0 aliphatic rings. The first kappa shape index (κ1) is 14.2. The van der Waals surface area contributed by atoms with Crippen LogP contribution in [0.1, 0.15) is 5.69 Å². The van der Waals surface area contributed by atoms with Gasteiger partial charge in [-0.1, -0.05) is 18.2 Å². The number of nitrogens with two attached hydrogens (primary N) is 1. The zero-order chi connectivity index (χ0) is 16.7. The number of hydrogen-bond donors (Lipinski definition) is 2. The number of aromatic hydroxyl groups is 1. The zero-order valence-electron chi connectivity index (χ0n) is 13.0. The van der Waals surface area contributed by atoms with E-state index in [0.29, 0.717) is 11.3 Å². The molecule has 4 aromatic rings. The molecule has 6 nitrogen and oxygen atoms in total. The molecule has 118 valence electrons. The molecule has 24 heavy (non-hydrogen) atoms. The number of rotatable bonds is 2. The fourth-order valence-electron chi connectivity index (χ4n) is 2.70. The molecule has 3 N–H and O–H groups in total. The van der Waals surface area contributed by atoms with Crippen LogP contribution in [0.2, 0.25) is 0 Å². The highest BCUT2D eigenvalue weighted by molar-refractivity contribution is 5.86. The maximum absolute atomic E-state index is 10.0. The van der Waals surface area contributed by atoms with Crippen molar-refractivity contribution in [2.75, 3.05) is 5.73 Å². The number of nitrogens with zero attached hydrogens (tertiary/aromatic N) is 4. The van der Waals surface area contributed by atoms with Gasteiger partial charge in [-0.15, -0.1) is 0 Å². The van der Waals surface area contributed by atoms with E-state index in [1.165, 1.54) is 6.20 Å². The Morgan fingerprint density at radius 3 is 2.79 bits per heavy atom. The average molecular weight is 317 g/mol. The second kappa shape index (κ2) is 5.34. The molecule has 0 atom stereocenters. The van der Waals surface area contributed by atoms with E-state index in [4.69, 9.17) is 5.73 Å². The largest absolute Gasteiger partial charge is 0.493 e. The summed E-state index contributed by atoms with van der Waals surface area (Å²) in [6.07, 6.45) is 3.22. The smallest absolute Gasteiger partial charge is 0.218 e. The fourth-order valence-corrected chi connectivity index (χ4v) is 2.70. The molecule has 0 aliphatic carbocycles. The number of benzene rings is 1. The van der Waals surface area contributed by atoms with Crippen LogP contribution in [0.25, 0.3) is 27.8 Å². The Bertz CT molecular complexity index is 1050. The molecule has 0 aliphatic heterocycles. The Balaban J connectivity index is 1.92. The number of pyridine rings is 2. The topological polar surface area (TPSA) is 89.9 Å². The van der Waals surface area contributed by atoms with Gasteiger partial charge < -0.3 is 10.8 Å². The first-order valence-corrected chi connectivity index (χ1v) is 7.48. The van der Waals surface area contributed by atoms with Gasteiger partial charge in [0.25, 0.3) is 0 Å². The van der Waals surface area contributed by atoms with Gasteiger partial charge in [-0.3, -0.25) is 0 Å². The zero-order valence-corrected chi connectivity index (χ0v) is 13.0. The van der Waals surface area contributed by atoms with Crippen LogP contribution in [0.3, 0.4) is 0 Å². The van der Waals surface area contributed by atoms with Crippen molar-refractivity contribution in [2.45, 2.75) is 6.92 Å². The van der Waals surface area contributed by atoms with Crippen molar-refractivity contribution in [1.82, 2.24) is 19.7 Å². The summed E-state index contributed by atoms with van der Waals surface area (Å²) in [5, 5.41) is 15.4. The van der Waals surface area contributed by atoms with E-state index in [1.54, 1.807) is 16.9 Å². The van der Waals surface area contributed by atoms with Crippen LogP contribution in [0, 0.1) is 6.92 Å². The molecule has 0 spiro atoms. The van der Waals surface area contributed by atoms with Gasteiger partial charge in [0.1, 0.15) is 0 Å². The highest BCUT2D eigenvalue weighted by atomic mass is 16.3. The molecule has 0 saturated heterocycles. The Kier molecular flexibility index (Phi) is 3.16. The van der Waals surface area contributed by atoms with Gasteiger partial charge in [0, 0.05) is 16.6 Å². The first-order chi connectivity index (χ1) is 11.6. The van der Waals surface area contributed by atoms with Gasteiger partial charge in [0.2, 0.25) is 5.88 Å². The van der Waals surface area contributed by atoms with Gasteiger partial charge >= 0.3 is 0 Å². The molecule has 3 heterocycles. The summed E-state index contributed by atoms with van der Waals surface area (Å²) >= 11 is 0. The van der Waals surface area contributed by atoms with Gasteiger partial charge in [-0.2, -0.15) is 5.10 Å². The van der Waals surface area contributed by atoms with Crippen LogP contribution in [-0.2, 0) is 0 Å². The monoisotopic (exact) mass is 317 g/mol. The number of anilines is 1. The quantitative estimate of drug-likeness (QED) is 0.593. The molecular weight excluding hydrogens is 302 g/mol. The number of aromatic nitrogens is 4. The van der Waals surface area contributed by atoms with Crippen molar-refractivity contribution in [3.63, 3.8) is 0 Å². The third-order valence-electron chi connectivity index (χ3n) is 3.86. The van der Waals surface area contributed by atoms with Gasteiger partial charge in [-0.25, -0.2) is 14.6 Å².